The minimum Gasteiger partial charge on any atom is -0.382 e. The molecule has 3 aromatic rings. The zero-order chi connectivity index (χ0) is 19.8. The van der Waals surface area contributed by atoms with Gasteiger partial charge in [0.05, 0.1) is 40.4 Å². The Morgan fingerprint density at radius 3 is 2.46 bits per heavy atom. The van der Waals surface area contributed by atoms with E-state index in [0.29, 0.717) is 33.4 Å². The van der Waals surface area contributed by atoms with E-state index in [1.807, 2.05) is 37.3 Å². The molecule has 0 fully saturated rings. The molecule has 28 heavy (non-hydrogen) atoms. The van der Waals surface area contributed by atoms with Crippen molar-refractivity contribution in [3.8, 4) is 12.1 Å². The van der Waals surface area contributed by atoms with Crippen molar-refractivity contribution in [2.75, 3.05) is 5.73 Å². The van der Waals surface area contributed by atoms with Gasteiger partial charge in [0.15, 0.2) is 5.82 Å². The Bertz CT molecular complexity index is 1230. The molecule has 0 spiro atoms. The molecule has 1 aliphatic heterocycles. The lowest BCUT2D eigenvalue weighted by Gasteiger charge is -2.28. The van der Waals surface area contributed by atoms with Gasteiger partial charge in [-0.2, -0.15) is 15.6 Å². The number of rotatable bonds is 2. The van der Waals surface area contributed by atoms with Crippen molar-refractivity contribution in [1.29, 1.82) is 10.5 Å². The summed E-state index contributed by atoms with van der Waals surface area (Å²) in [5, 5.41) is 31.3. The molecule has 1 atom stereocenters. The third-order valence-electron chi connectivity index (χ3n) is 4.89. The Morgan fingerprint density at radius 1 is 1.07 bits per heavy atom. The highest BCUT2D eigenvalue weighted by molar-refractivity contribution is 6.30. The van der Waals surface area contributed by atoms with Crippen LogP contribution >= 0.6 is 11.6 Å². The molecule has 1 aromatic heterocycles. The number of halogens is 1. The highest BCUT2D eigenvalue weighted by Gasteiger charge is 2.31. The van der Waals surface area contributed by atoms with E-state index in [1.165, 1.54) is 0 Å². The van der Waals surface area contributed by atoms with Crippen LogP contribution in [0.4, 0.5) is 5.82 Å². The van der Waals surface area contributed by atoms with E-state index in [1.54, 1.807) is 12.1 Å². The standard InChI is InChI=1S/C21H15ClN6/c1-11-16(9-23)19(13-4-7-18-15(8-13)21(25)28-27-18)17(10-24)20(26-11)12-2-5-14(22)6-3-12/h2-8,19,26H,1H3,(H3,25,27,28). The number of allylic oxidation sites excluding steroid dienone is 3. The number of nitrogen functional groups attached to an aromatic ring is 1. The number of hydrogen-bond donors (Lipinski definition) is 3. The molecule has 1 aliphatic rings. The van der Waals surface area contributed by atoms with Gasteiger partial charge in [-0.25, -0.2) is 0 Å². The minimum atomic E-state index is -0.499. The van der Waals surface area contributed by atoms with E-state index < -0.39 is 5.92 Å². The van der Waals surface area contributed by atoms with E-state index in [4.69, 9.17) is 17.3 Å². The predicted octanol–water partition coefficient (Wildman–Crippen LogP) is 4.22. The van der Waals surface area contributed by atoms with E-state index in [9.17, 15) is 10.5 Å². The van der Waals surface area contributed by atoms with Gasteiger partial charge in [0.2, 0.25) is 0 Å². The largest absolute Gasteiger partial charge is 0.382 e. The van der Waals surface area contributed by atoms with Crippen molar-refractivity contribution in [3.05, 3.63) is 75.5 Å². The molecule has 1 unspecified atom stereocenters. The zero-order valence-electron chi connectivity index (χ0n) is 14.9. The van der Waals surface area contributed by atoms with Crippen LogP contribution in [-0.4, -0.2) is 10.2 Å². The number of fused-ring (bicyclic) bond motifs is 1. The van der Waals surface area contributed by atoms with Crippen molar-refractivity contribution >= 4 is 34.0 Å². The number of benzene rings is 2. The molecule has 0 bridgehead atoms. The summed E-state index contributed by atoms with van der Waals surface area (Å²) in [6, 6.07) is 17.4. The SMILES string of the molecule is CC1=C(C#N)C(c2ccc3[nH]nc(N)c3c2)C(C#N)=C(c2ccc(Cl)cc2)N1. The lowest BCUT2D eigenvalue weighted by atomic mass is 9.80. The van der Waals surface area contributed by atoms with Crippen LogP contribution in [-0.2, 0) is 0 Å². The van der Waals surface area contributed by atoms with E-state index >= 15 is 0 Å². The maximum absolute atomic E-state index is 9.99. The van der Waals surface area contributed by atoms with Crippen LogP contribution in [0.1, 0.15) is 24.0 Å². The van der Waals surface area contributed by atoms with E-state index in [-0.39, 0.29) is 0 Å². The van der Waals surface area contributed by atoms with Gasteiger partial charge in [0, 0.05) is 16.1 Å². The molecule has 0 radical (unpaired) electrons. The fourth-order valence-electron chi connectivity index (χ4n) is 3.51. The Morgan fingerprint density at radius 2 is 1.79 bits per heavy atom. The van der Waals surface area contributed by atoms with Crippen LogP contribution in [0.5, 0.6) is 0 Å². The fourth-order valence-corrected chi connectivity index (χ4v) is 3.63. The molecule has 6 nitrogen and oxygen atoms in total. The Hall–Kier alpha value is -3.74. The lowest BCUT2D eigenvalue weighted by molar-refractivity contribution is 0.880. The third-order valence-corrected chi connectivity index (χ3v) is 5.14. The molecule has 0 saturated carbocycles. The van der Waals surface area contributed by atoms with Crippen molar-refractivity contribution in [2.24, 2.45) is 0 Å². The molecule has 4 N–H and O–H groups in total. The van der Waals surface area contributed by atoms with Gasteiger partial charge in [-0.3, -0.25) is 5.10 Å². The Kier molecular flexibility index (Phi) is 4.27. The number of anilines is 1. The number of nitrogens with one attached hydrogen (secondary N) is 2. The molecule has 136 valence electrons. The number of nitrogens with zero attached hydrogens (tertiary/aromatic N) is 3. The summed E-state index contributed by atoms with van der Waals surface area (Å²) in [5.41, 5.74) is 10.7. The van der Waals surface area contributed by atoms with Crippen LogP contribution in [0.15, 0.2) is 59.3 Å². The normalized spacial score (nSPS) is 16.6. The van der Waals surface area contributed by atoms with Crippen molar-refractivity contribution in [3.63, 3.8) is 0 Å². The topological polar surface area (TPSA) is 114 Å². The monoisotopic (exact) mass is 386 g/mol. The fraction of sp³-hybridized carbons (Fsp3) is 0.0952. The average Bonchev–Trinajstić information content (AvgIpc) is 3.08. The van der Waals surface area contributed by atoms with Crippen LogP contribution in [0.2, 0.25) is 5.02 Å². The molecule has 7 heteroatoms. The number of aromatic nitrogens is 2. The second kappa shape index (κ2) is 6.77. The molecule has 2 heterocycles. The quantitative estimate of drug-likeness (QED) is 0.610. The highest BCUT2D eigenvalue weighted by atomic mass is 35.5. The van der Waals surface area contributed by atoms with Gasteiger partial charge in [-0.15, -0.1) is 0 Å². The molecular weight excluding hydrogens is 372 g/mol. The molecule has 0 amide bonds. The van der Waals surface area contributed by atoms with Crippen molar-refractivity contribution < 1.29 is 0 Å². The molecule has 4 rings (SSSR count). The summed E-state index contributed by atoms with van der Waals surface area (Å²) in [7, 11) is 0. The first-order chi connectivity index (χ1) is 13.5. The molecule has 0 aliphatic carbocycles. The number of H-pyrrole nitrogens is 1. The van der Waals surface area contributed by atoms with Gasteiger partial charge >= 0.3 is 0 Å². The summed E-state index contributed by atoms with van der Waals surface area (Å²) >= 11 is 6.00. The minimum absolute atomic E-state index is 0.380. The maximum Gasteiger partial charge on any atom is 0.153 e. The number of hydrogen-bond acceptors (Lipinski definition) is 5. The molecule has 2 aromatic carbocycles. The summed E-state index contributed by atoms with van der Waals surface area (Å²) in [6.45, 7) is 1.83. The predicted molar refractivity (Wildman–Crippen MR) is 109 cm³/mol. The first-order valence-electron chi connectivity index (χ1n) is 8.55. The van der Waals surface area contributed by atoms with Gasteiger partial charge in [-0.1, -0.05) is 29.8 Å². The van der Waals surface area contributed by atoms with Gasteiger partial charge in [0.25, 0.3) is 0 Å². The lowest BCUT2D eigenvalue weighted by Crippen LogP contribution is -2.24. The molecule has 0 saturated heterocycles. The summed E-state index contributed by atoms with van der Waals surface area (Å²) in [4.78, 5) is 0. The smallest absolute Gasteiger partial charge is 0.153 e. The maximum atomic E-state index is 9.99. The second-order valence-corrected chi connectivity index (χ2v) is 6.97. The van der Waals surface area contributed by atoms with E-state index in [2.05, 4.69) is 27.7 Å². The number of nitrogens with two attached hydrogens (primary N) is 1. The number of dihydropyridines is 1. The van der Waals surface area contributed by atoms with Gasteiger partial charge < -0.3 is 11.1 Å². The second-order valence-electron chi connectivity index (χ2n) is 6.53. The van der Waals surface area contributed by atoms with Crippen molar-refractivity contribution in [1.82, 2.24) is 15.5 Å². The Labute approximate surface area is 166 Å². The average molecular weight is 387 g/mol. The zero-order valence-corrected chi connectivity index (χ0v) is 15.7. The first kappa shape index (κ1) is 17.7. The van der Waals surface area contributed by atoms with Crippen LogP contribution in [0, 0.1) is 22.7 Å². The summed E-state index contributed by atoms with van der Waals surface area (Å²) in [6.07, 6.45) is 0. The van der Waals surface area contributed by atoms with Crippen LogP contribution in [0.3, 0.4) is 0 Å². The number of nitriles is 2. The third kappa shape index (κ3) is 2.77. The van der Waals surface area contributed by atoms with Crippen LogP contribution < -0.4 is 11.1 Å². The van der Waals surface area contributed by atoms with E-state index in [0.717, 1.165) is 22.0 Å². The van der Waals surface area contributed by atoms with Crippen molar-refractivity contribution in [2.45, 2.75) is 12.8 Å². The van der Waals surface area contributed by atoms with Crippen LogP contribution in [0.25, 0.3) is 16.6 Å². The highest BCUT2D eigenvalue weighted by Crippen LogP contribution is 2.41. The first-order valence-corrected chi connectivity index (χ1v) is 8.93. The molecular formula is C21H15ClN6. The van der Waals surface area contributed by atoms with Gasteiger partial charge in [-0.05, 0) is 42.3 Å². The number of aromatic amines is 1. The summed E-state index contributed by atoms with van der Waals surface area (Å²) in [5.74, 6) is -0.119. The Balaban J connectivity index is 1.95. The summed E-state index contributed by atoms with van der Waals surface area (Å²) < 4.78 is 0. The van der Waals surface area contributed by atoms with Gasteiger partial charge in [0.1, 0.15) is 0 Å².